The van der Waals surface area contributed by atoms with Crippen LogP contribution < -0.4 is 5.73 Å². The van der Waals surface area contributed by atoms with Gasteiger partial charge in [0.15, 0.2) is 0 Å². The number of benzene rings is 1. The van der Waals surface area contributed by atoms with Gasteiger partial charge in [-0.15, -0.1) is 0 Å². The molecule has 0 aliphatic rings. The largest absolute Gasteiger partial charge is 0.399 e. The van der Waals surface area contributed by atoms with Crippen molar-refractivity contribution in [3.63, 3.8) is 0 Å². The lowest BCUT2D eigenvalue weighted by atomic mass is 10.1. The van der Waals surface area contributed by atoms with Crippen molar-refractivity contribution >= 4 is 11.6 Å². The van der Waals surface area contributed by atoms with Crippen LogP contribution in [0, 0.1) is 6.92 Å². The van der Waals surface area contributed by atoms with E-state index in [-0.39, 0.29) is 5.91 Å². The number of hydrogen-bond donors (Lipinski definition) is 1. The highest BCUT2D eigenvalue weighted by atomic mass is 16.2. The van der Waals surface area contributed by atoms with Crippen LogP contribution in [0.2, 0.25) is 0 Å². The van der Waals surface area contributed by atoms with Gasteiger partial charge in [0.1, 0.15) is 5.82 Å². The first-order valence-corrected chi connectivity index (χ1v) is 5.56. The number of imidazole rings is 1. The normalized spacial score (nSPS) is 10.5. The summed E-state index contributed by atoms with van der Waals surface area (Å²) >= 11 is 0. The Balaban J connectivity index is 2.40. The van der Waals surface area contributed by atoms with Gasteiger partial charge in [-0.05, 0) is 30.7 Å². The Labute approximate surface area is 100 Å². The van der Waals surface area contributed by atoms with Crippen LogP contribution in [-0.2, 0) is 6.42 Å². The third-order valence-corrected chi connectivity index (χ3v) is 2.77. The molecule has 0 amide bonds. The lowest BCUT2D eigenvalue weighted by Gasteiger charge is -2.07. The molecule has 88 valence electrons. The Morgan fingerprint density at radius 2 is 2.24 bits per heavy atom. The van der Waals surface area contributed by atoms with Crippen LogP contribution in [-0.4, -0.2) is 15.5 Å². The second-order valence-electron chi connectivity index (χ2n) is 3.94. The highest BCUT2D eigenvalue weighted by Gasteiger charge is 2.12. The first-order valence-electron chi connectivity index (χ1n) is 5.56. The average molecular weight is 229 g/mol. The number of nitrogens with two attached hydrogens (primary N) is 1. The Kier molecular flexibility index (Phi) is 2.95. The maximum Gasteiger partial charge on any atom is 0.263 e. The predicted molar refractivity (Wildman–Crippen MR) is 66.9 cm³/mol. The highest BCUT2D eigenvalue weighted by Crippen LogP contribution is 2.14. The molecule has 0 bridgehead atoms. The number of aromatic nitrogens is 2. The van der Waals surface area contributed by atoms with Crippen LogP contribution in [0.15, 0.2) is 30.6 Å². The van der Waals surface area contributed by atoms with Crippen molar-refractivity contribution in [3.8, 4) is 0 Å². The highest BCUT2D eigenvalue weighted by molar-refractivity contribution is 5.96. The predicted octanol–water partition coefficient (Wildman–Crippen LogP) is 2.02. The van der Waals surface area contributed by atoms with Crippen LogP contribution in [0.1, 0.15) is 28.7 Å². The molecule has 2 rings (SSSR count). The molecule has 4 heteroatoms. The lowest BCUT2D eigenvalue weighted by molar-refractivity contribution is 0.0956. The van der Waals surface area contributed by atoms with Crippen molar-refractivity contribution < 1.29 is 4.79 Å². The molecule has 0 radical (unpaired) electrons. The van der Waals surface area contributed by atoms with Crippen LogP contribution in [0.5, 0.6) is 0 Å². The van der Waals surface area contributed by atoms with Gasteiger partial charge in [0.2, 0.25) is 0 Å². The smallest absolute Gasteiger partial charge is 0.263 e. The zero-order chi connectivity index (χ0) is 12.4. The zero-order valence-electron chi connectivity index (χ0n) is 9.97. The molecule has 4 nitrogen and oxygen atoms in total. The van der Waals surface area contributed by atoms with E-state index in [9.17, 15) is 4.79 Å². The van der Waals surface area contributed by atoms with E-state index in [1.807, 2.05) is 13.8 Å². The first kappa shape index (κ1) is 11.4. The molecule has 1 aromatic heterocycles. The minimum absolute atomic E-state index is 0.0672. The third-order valence-electron chi connectivity index (χ3n) is 2.77. The first-order chi connectivity index (χ1) is 8.13. The second kappa shape index (κ2) is 4.41. The second-order valence-corrected chi connectivity index (χ2v) is 3.94. The third kappa shape index (κ3) is 2.06. The summed E-state index contributed by atoms with van der Waals surface area (Å²) < 4.78 is 1.57. The number of nitrogens with zero attached hydrogens (tertiary/aromatic N) is 2. The van der Waals surface area contributed by atoms with Crippen LogP contribution in [0.4, 0.5) is 5.69 Å². The van der Waals surface area contributed by atoms with E-state index in [0.717, 1.165) is 17.8 Å². The number of rotatable bonds is 2. The number of aryl methyl sites for hydroxylation is 2. The maximum absolute atomic E-state index is 12.2. The van der Waals surface area contributed by atoms with Crippen LogP contribution in [0.3, 0.4) is 0 Å². The fourth-order valence-corrected chi connectivity index (χ4v) is 1.73. The van der Waals surface area contributed by atoms with E-state index in [2.05, 4.69) is 4.98 Å². The number of hydrogen-bond acceptors (Lipinski definition) is 3. The van der Waals surface area contributed by atoms with Gasteiger partial charge < -0.3 is 5.73 Å². The lowest BCUT2D eigenvalue weighted by Crippen LogP contribution is -2.14. The summed E-state index contributed by atoms with van der Waals surface area (Å²) in [6.45, 7) is 3.86. The molecule has 0 aliphatic carbocycles. The van der Waals surface area contributed by atoms with E-state index < -0.39 is 0 Å². The van der Waals surface area contributed by atoms with Gasteiger partial charge in [-0.25, -0.2) is 4.98 Å². The summed E-state index contributed by atoms with van der Waals surface area (Å²) in [6.07, 6.45) is 4.06. The van der Waals surface area contributed by atoms with Gasteiger partial charge in [0, 0.05) is 30.1 Å². The van der Waals surface area contributed by atoms with E-state index >= 15 is 0 Å². The Morgan fingerprint density at radius 3 is 2.88 bits per heavy atom. The number of carbonyl (C=O) groups is 1. The van der Waals surface area contributed by atoms with Crippen LogP contribution >= 0.6 is 0 Å². The summed E-state index contributed by atoms with van der Waals surface area (Å²) in [5.41, 5.74) is 7.97. The van der Waals surface area contributed by atoms with E-state index in [4.69, 9.17) is 5.73 Å². The van der Waals surface area contributed by atoms with E-state index in [0.29, 0.717) is 11.3 Å². The standard InChI is InChI=1S/C13H15N3O/c1-3-12-15-6-7-16(12)13(17)10-4-5-11(14)9(2)8-10/h4-8H,3,14H2,1-2H3. The number of anilines is 1. The quantitative estimate of drug-likeness (QED) is 0.801. The molecule has 0 atom stereocenters. The average Bonchev–Trinajstić information content (AvgIpc) is 2.80. The van der Waals surface area contributed by atoms with Gasteiger partial charge in [-0.1, -0.05) is 6.92 Å². The molecule has 0 saturated carbocycles. The van der Waals surface area contributed by atoms with E-state index in [1.54, 1.807) is 35.2 Å². The Hall–Kier alpha value is -2.10. The van der Waals surface area contributed by atoms with Gasteiger partial charge in [0.25, 0.3) is 5.91 Å². The molecule has 0 saturated heterocycles. The van der Waals surface area contributed by atoms with Gasteiger partial charge in [-0.2, -0.15) is 0 Å². The summed E-state index contributed by atoms with van der Waals surface area (Å²) in [5, 5.41) is 0. The van der Waals surface area contributed by atoms with Crippen molar-refractivity contribution in [2.24, 2.45) is 0 Å². The maximum atomic E-state index is 12.2. The summed E-state index contributed by atoms with van der Waals surface area (Å²) in [4.78, 5) is 16.4. The Morgan fingerprint density at radius 1 is 1.47 bits per heavy atom. The van der Waals surface area contributed by atoms with E-state index in [1.165, 1.54) is 0 Å². The summed E-state index contributed by atoms with van der Waals surface area (Å²) in [7, 11) is 0. The molecule has 2 aromatic rings. The molecule has 1 aromatic carbocycles. The van der Waals surface area contributed by atoms with Gasteiger partial charge in [-0.3, -0.25) is 9.36 Å². The van der Waals surface area contributed by atoms with Crippen molar-refractivity contribution in [1.82, 2.24) is 9.55 Å². The zero-order valence-corrected chi connectivity index (χ0v) is 9.97. The van der Waals surface area contributed by atoms with Gasteiger partial charge >= 0.3 is 0 Å². The molecule has 2 N–H and O–H groups in total. The minimum atomic E-state index is -0.0672. The fourth-order valence-electron chi connectivity index (χ4n) is 1.73. The van der Waals surface area contributed by atoms with Crippen molar-refractivity contribution in [1.29, 1.82) is 0 Å². The molecular formula is C13H15N3O. The number of carbonyl (C=O) groups excluding carboxylic acids is 1. The summed E-state index contributed by atoms with van der Waals surface area (Å²) in [5.74, 6) is 0.701. The molecular weight excluding hydrogens is 214 g/mol. The van der Waals surface area contributed by atoms with Crippen LogP contribution in [0.25, 0.3) is 0 Å². The molecule has 0 fully saturated rings. The molecule has 0 spiro atoms. The molecule has 0 unspecified atom stereocenters. The van der Waals surface area contributed by atoms with Gasteiger partial charge in [0.05, 0.1) is 0 Å². The molecule has 0 aliphatic heterocycles. The topological polar surface area (TPSA) is 60.9 Å². The Bertz CT molecular complexity index is 558. The van der Waals surface area contributed by atoms with Crippen molar-refractivity contribution in [2.45, 2.75) is 20.3 Å². The van der Waals surface area contributed by atoms with Crippen molar-refractivity contribution in [3.05, 3.63) is 47.5 Å². The van der Waals surface area contributed by atoms with Crippen molar-refractivity contribution in [2.75, 3.05) is 5.73 Å². The fraction of sp³-hybridized carbons (Fsp3) is 0.231. The monoisotopic (exact) mass is 229 g/mol. The molecule has 17 heavy (non-hydrogen) atoms. The minimum Gasteiger partial charge on any atom is -0.399 e. The summed E-state index contributed by atoms with van der Waals surface area (Å²) in [6, 6.07) is 5.30. The number of nitrogen functional groups attached to an aromatic ring is 1. The molecule has 1 heterocycles. The SMILES string of the molecule is CCc1nccn1C(=O)c1ccc(N)c(C)c1.